The molecular formula is C12H19NO3. The Hall–Kier alpha value is -0.840. The number of nitrogens with one attached hydrogen (secondary N) is 1. The summed E-state index contributed by atoms with van der Waals surface area (Å²) in [6.07, 6.45) is 5.49. The average Bonchev–Trinajstić information content (AvgIpc) is 2.94. The van der Waals surface area contributed by atoms with Gasteiger partial charge in [0.25, 0.3) is 0 Å². The van der Waals surface area contributed by atoms with Crippen molar-refractivity contribution in [3.63, 3.8) is 0 Å². The highest BCUT2D eigenvalue weighted by molar-refractivity contribution is 5.04. The van der Waals surface area contributed by atoms with E-state index in [9.17, 15) is 5.11 Å². The Morgan fingerprint density at radius 2 is 2.44 bits per heavy atom. The highest BCUT2D eigenvalue weighted by Crippen LogP contribution is 2.28. The minimum Gasteiger partial charge on any atom is -0.472 e. The van der Waals surface area contributed by atoms with E-state index < -0.39 is 6.10 Å². The van der Waals surface area contributed by atoms with Crippen LogP contribution in [0, 0.1) is 5.92 Å². The predicted octanol–water partition coefficient (Wildman–Crippen LogP) is 1.16. The number of aliphatic hydroxyl groups is 1. The fraction of sp³-hybridized carbons (Fsp3) is 0.667. The molecule has 1 aliphatic carbocycles. The molecule has 1 atom stereocenters. The van der Waals surface area contributed by atoms with Crippen LogP contribution in [0.5, 0.6) is 0 Å². The lowest BCUT2D eigenvalue weighted by Gasteiger charge is -2.11. The first kappa shape index (κ1) is 11.6. The van der Waals surface area contributed by atoms with Crippen molar-refractivity contribution in [3.8, 4) is 0 Å². The molecule has 90 valence electrons. The zero-order valence-electron chi connectivity index (χ0n) is 9.39. The summed E-state index contributed by atoms with van der Waals surface area (Å²) < 4.78 is 10.3. The number of aliphatic hydroxyl groups excluding tert-OH is 1. The molecule has 2 N–H and O–H groups in total. The molecule has 0 saturated heterocycles. The van der Waals surface area contributed by atoms with E-state index in [1.54, 1.807) is 12.5 Å². The normalized spacial score (nSPS) is 17.6. The molecule has 0 bridgehead atoms. The molecule has 0 amide bonds. The maximum atomic E-state index is 9.60. The first-order valence-electron chi connectivity index (χ1n) is 5.82. The fourth-order valence-electron chi connectivity index (χ4n) is 1.49. The molecule has 1 aliphatic rings. The topological polar surface area (TPSA) is 54.6 Å². The van der Waals surface area contributed by atoms with E-state index in [-0.39, 0.29) is 0 Å². The molecule has 1 aromatic rings. The second-order valence-corrected chi connectivity index (χ2v) is 4.40. The van der Waals surface area contributed by atoms with Gasteiger partial charge in [0.1, 0.15) is 0 Å². The number of ether oxygens (including phenoxy) is 1. The Morgan fingerprint density at radius 1 is 1.56 bits per heavy atom. The lowest BCUT2D eigenvalue weighted by Crippen LogP contribution is -2.30. The molecule has 0 spiro atoms. The molecule has 0 aromatic carbocycles. The second kappa shape index (κ2) is 6.03. The van der Waals surface area contributed by atoms with Gasteiger partial charge in [-0.05, 0) is 24.8 Å². The van der Waals surface area contributed by atoms with Gasteiger partial charge in [-0.2, -0.15) is 0 Å². The summed E-state index contributed by atoms with van der Waals surface area (Å²) in [5.41, 5.74) is 1.09. The van der Waals surface area contributed by atoms with Gasteiger partial charge < -0.3 is 19.6 Å². The van der Waals surface area contributed by atoms with Gasteiger partial charge in [0.05, 0.1) is 25.2 Å². The molecule has 1 heterocycles. The average molecular weight is 225 g/mol. The molecule has 0 aliphatic heterocycles. The van der Waals surface area contributed by atoms with Crippen LogP contribution in [0.1, 0.15) is 18.4 Å². The standard InChI is InChI=1S/C12H19NO3/c14-12(9-16-7-10-1-2-10)6-13-5-11-3-4-15-8-11/h3-4,8,10,12-14H,1-2,5-7,9H2. The maximum Gasteiger partial charge on any atom is 0.0947 e. The molecule has 1 unspecified atom stereocenters. The van der Waals surface area contributed by atoms with Gasteiger partial charge in [0, 0.05) is 25.3 Å². The van der Waals surface area contributed by atoms with Crippen molar-refractivity contribution >= 4 is 0 Å². The van der Waals surface area contributed by atoms with Crippen LogP contribution in [0.2, 0.25) is 0 Å². The van der Waals surface area contributed by atoms with Crippen LogP contribution in [0.3, 0.4) is 0 Å². The first-order chi connectivity index (χ1) is 7.84. The van der Waals surface area contributed by atoms with Gasteiger partial charge >= 0.3 is 0 Å². The van der Waals surface area contributed by atoms with Crippen LogP contribution in [-0.2, 0) is 11.3 Å². The Kier molecular flexibility index (Phi) is 4.39. The molecular weight excluding hydrogens is 206 g/mol. The van der Waals surface area contributed by atoms with Crippen LogP contribution in [0.25, 0.3) is 0 Å². The van der Waals surface area contributed by atoms with Crippen molar-refractivity contribution in [2.45, 2.75) is 25.5 Å². The summed E-state index contributed by atoms with van der Waals surface area (Å²) in [7, 11) is 0. The van der Waals surface area contributed by atoms with Gasteiger partial charge in [0.15, 0.2) is 0 Å². The third-order valence-corrected chi connectivity index (χ3v) is 2.65. The minimum absolute atomic E-state index is 0.425. The third-order valence-electron chi connectivity index (χ3n) is 2.65. The van der Waals surface area contributed by atoms with E-state index in [0.717, 1.165) is 24.6 Å². The van der Waals surface area contributed by atoms with Gasteiger partial charge in [0.2, 0.25) is 0 Å². The lowest BCUT2D eigenvalue weighted by atomic mass is 10.3. The van der Waals surface area contributed by atoms with E-state index in [2.05, 4.69) is 5.32 Å². The quantitative estimate of drug-likeness (QED) is 0.697. The van der Waals surface area contributed by atoms with Crippen molar-refractivity contribution in [3.05, 3.63) is 24.2 Å². The first-order valence-corrected chi connectivity index (χ1v) is 5.82. The SMILES string of the molecule is OC(CNCc1ccoc1)COCC1CC1. The maximum absolute atomic E-state index is 9.60. The van der Waals surface area contributed by atoms with Crippen molar-refractivity contribution < 1.29 is 14.3 Å². The molecule has 0 radical (unpaired) electrons. The summed E-state index contributed by atoms with van der Waals surface area (Å²) in [5, 5.41) is 12.8. The van der Waals surface area contributed by atoms with E-state index >= 15 is 0 Å². The molecule has 1 aromatic heterocycles. The largest absolute Gasteiger partial charge is 0.472 e. The monoisotopic (exact) mass is 225 g/mol. The number of hydrogen-bond acceptors (Lipinski definition) is 4. The minimum atomic E-state index is -0.425. The predicted molar refractivity (Wildman–Crippen MR) is 60.0 cm³/mol. The summed E-state index contributed by atoms with van der Waals surface area (Å²) in [6, 6.07) is 1.91. The van der Waals surface area contributed by atoms with Crippen molar-refractivity contribution in [1.82, 2.24) is 5.32 Å². The Balaban J connectivity index is 1.48. The summed E-state index contributed by atoms with van der Waals surface area (Å²) >= 11 is 0. The molecule has 1 fully saturated rings. The number of rotatable bonds is 8. The van der Waals surface area contributed by atoms with Gasteiger partial charge in [-0.25, -0.2) is 0 Å². The second-order valence-electron chi connectivity index (χ2n) is 4.40. The smallest absolute Gasteiger partial charge is 0.0947 e. The molecule has 1 saturated carbocycles. The zero-order valence-corrected chi connectivity index (χ0v) is 9.39. The van der Waals surface area contributed by atoms with Crippen LogP contribution in [-0.4, -0.2) is 31.0 Å². The van der Waals surface area contributed by atoms with Crippen molar-refractivity contribution in [2.24, 2.45) is 5.92 Å². The van der Waals surface area contributed by atoms with E-state index in [1.165, 1.54) is 12.8 Å². The lowest BCUT2D eigenvalue weighted by molar-refractivity contribution is 0.0324. The molecule has 16 heavy (non-hydrogen) atoms. The van der Waals surface area contributed by atoms with Crippen LogP contribution >= 0.6 is 0 Å². The Labute approximate surface area is 95.6 Å². The highest BCUT2D eigenvalue weighted by Gasteiger charge is 2.21. The summed E-state index contributed by atoms with van der Waals surface area (Å²) in [4.78, 5) is 0. The van der Waals surface area contributed by atoms with Gasteiger partial charge in [-0.1, -0.05) is 0 Å². The van der Waals surface area contributed by atoms with Gasteiger partial charge in [-0.3, -0.25) is 0 Å². The fourth-order valence-corrected chi connectivity index (χ4v) is 1.49. The highest BCUT2D eigenvalue weighted by atomic mass is 16.5. The Morgan fingerprint density at radius 3 is 3.12 bits per heavy atom. The zero-order chi connectivity index (χ0) is 11.2. The Bertz CT molecular complexity index is 282. The van der Waals surface area contributed by atoms with Crippen molar-refractivity contribution in [1.29, 1.82) is 0 Å². The van der Waals surface area contributed by atoms with Gasteiger partial charge in [-0.15, -0.1) is 0 Å². The third kappa shape index (κ3) is 4.35. The molecule has 4 nitrogen and oxygen atoms in total. The van der Waals surface area contributed by atoms with Crippen molar-refractivity contribution in [2.75, 3.05) is 19.8 Å². The number of furan rings is 1. The molecule has 2 rings (SSSR count). The summed E-state index contributed by atoms with van der Waals surface area (Å²) in [5.74, 6) is 0.756. The molecule has 4 heteroatoms. The van der Waals surface area contributed by atoms with E-state index in [4.69, 9.17) is 9.15 Å². The summed E-state index contributed by atoms with van der Waals surface area (Å²) in [6.45, 7) is 2.50. The van der Waals surface area contributed by atoms with E-state index in [0.29, 0.717) is 13.2 Å². The van der Waals surface area contributed by atoms with Crippen LogP contribution in [0.4, 0.5) is 0 Å². The van der Waals surface area contributed by atoms with E-state index in [1.807, 2.05) is 6.07 Å². The van der Waals surface area contributed by atoms with Crippen LogP contribution < -0.4 is 5.32 Å². The van der Waals surface area contributed by atoms with Crippen LogP contribution in [0.15, 0.2) is 23.0 Å². The number of hydrogen-bond donors (Lipinski definition) is 2.